The maximum atomic E-state index is 12.8. The van der Waals surface area contributed by atoms with Gasteiger partial charge in [0.25, 0.3) is 0 Å². The smallest absolute Gasteiger partial charge is 0.332 e. The van der Waals surface area contributed by atoms with E-state index in [1.165, 1.54) is 6.92 Å². The summed E-state index contributed by atoms with van der Waals surface area (Å²) in [5.74, 6) is -2.93. The van der Waals surface area contributed by atoms with Crippen molar-refractivity contribution in [2.75, 3.05) is 19.7 Å². The van der Waals surface area contributed by atoms with Gasteiger partial charge in [-0.1, -0.05) is 13.8 Å². The monoisotopic (exact) mass is 497 g/mol. The van der Waals surface area contributed by atoms with Crippen molar-refractivity contribution in [3.63, 3.8) is 0 Å². The molecule has 200 valence electrons. The number of carbonyl (C=O) groups excluding carboxylic acids is 5. The molecule has 0 aromatic heterocycles. The van der Waals surface area contributed by atoms with Crippen molar-refractivity contribution in [2.24, 2.45) is 23.3 Å². The van der Waals surface area contributed by atoms with Gasteiger partial charge < -0.3 is 32.2 Å². The Hall–Kier alpha value is -2.53. The second-order valence-electron chi connectivity index (χ2n) is 9.59. The minimum atomic E-state index is -1.44. The Bertz CT molecular complexity index is 759. The Morgan fingerprint density at radius 1 is 1.11 bits per heavy atom. The number of ether oxygens (including phenoxy) is 1. The van der Waals surface area contributed by atoms with Crippen molar-refractivity contribution in [1.82, 2.24) is 16.0 Å². The summed E-state index contributed by atoms with van der Waals surface area (Å²) >= 11 is 0. The molecule has 3 amide bonds. The molecule has 11 heteroatoms. The highest BCUT2D eigenvalue weighted by atomic mass is 16.5. The average molecular weight is 498 g/mol. The Morgan fingerprint density at radius 3 is 2.37 bits per heavy atom. The summed E-state index contributed by atoms with van der Waals surface area (Å²) < 4.78 is 5.16. The molecule has 0 aromatic carbocycles. The van der Waals surface area contributed by atoms with Crippen molar-refractivity contribution < 1.29 is 28.7 Å². The summed E-state index contributed by atoms with van der Waals surface area (Å²) in [5, 5.41) is 7.86. The normalized spacial score (nSPS) is 21.2. The van der Waals surface area contributed by atoms with Crippen LogP contribution in [0.15, 0.2) is 0 Å². The van der Waals surface area contributed by atoms with Crippen LogP contribution >= 0.6 is 0 Å². The largest absolute Gasteiger partial charge is 0.464 e. The van der Waals surface area contributed by atoms with E-state index in [0.717, 1.165) is 0 Å². The van der Waals surface area contributed by atoms with Crippen LogP contribution in [-0.4, -0.2) is 66.8 Å². The number of carbonyl (C=O) groups is 5. The van der Waals surface area contributed by atoms with E-state index in [9.17, 15) is 24.0 Å². The molecule has 2 unspecified atom stereocenters. The van der Waals surface area contributed by atoms with Crippen LogP contribution in [0.1, 0.15) is 72.6 Å². The van der Waals surface area contributed by atoms with Gasteiger partial charge in [0.1, 0.15) is 17.4 Å². The summed E-state index contributed by atoms with van der Waals surface area (Å²) in [4.78, 5) is 62.9. The fourth-order valence-corrected chi connectivity index (χ4v) is 4.50. The Labute approximate surface area is 207 Å². The Balaban J connectivity index is 2.85. The average Bonchev–Trinajstić information content (AvgIpc) is 3.21. The quantitative estimate of drug-likeness (QED) is 0.153. The summed E-state index contributed by atoms with van der Waals surface area (Å²) in [6.45, 7) is 7.06. The standard InChI is InChI=1S/C24H43N5O6/c1-5-35-23(34)24(11-8-9-17(24)16(4)30)29-20(31)14-27-22(33)19(10-6-7-12-25)28-21(32)18(26)13-15(2)3/h15,17-19H,5-14,25-26H2,1-4H3,(H,27,33)(H,28,32)(H,29,31)/t17?,18-,19-,24?/m0/s1. The molecule has 0 spiro atoms. The third-order valence-electron chi connectivity index (χ3n) is 6.22. The molecule has 1 aliphatic carbocycles. The number of hydrogen-bond donors (Lipinski definition) is 5. The third kappa shape index (κ3) is 9.21. The molecule has 1 fully saturated rings. The van der Waals surface area contributed by atoms with Gasteiger partial charge in [0.2, 0.25) is 17.7 Å². The number of nitrogens with one attached hydrogen (secondary N) is 3. The lowest BCUT2D eigenvalue weighted by Gasteiger charge is -2.33. The number of amides is 3. The van der Waals surface area contributed by atoms with Crippen LogP contribution in [0.25, 0.3) is 0 Å². The van der Waals surface area contributed by atoms with Crippen LogP contribution in [0.3, 0.4) is 0 Å². The van der Waals surface area contributed by atoms with Crippen molar-refractivity contribution in [1.29, 1.82) is 0 Å². The number of hydrogen-bond acceptors (Lipinski definition) is 8. The molecule has 0 aromatic rings. The lowest BCUT2D eigenvalue weighted by Crippen LogP contribution is -2.61. The van der Waals surface area contributed by atoms with Crippen LogP contribution < -0.4 is 27.4 Å². The number of unbranched alkanes of at least 4 members (excludes halogenated alkanes) is 1. The molecule has 1 rings (SSSR count). The molecule has 7 N–H and O–H groups in total. The first-order valence-electron chi connectivity index (χ1n) is 12.5. The van der Waals surface area contributed by atoms with E-state index < -0.39 is 53.8 Å². The first-order valence-corrected chi connectivity index (χ1v) is 12.5. The zero-order valence-corrected chi connectivity index (χ0v) is 21.5. The van der Waals surface area contributed by atoms with Crippen LogP contribution in [0.4, 0.5) is 0 Å². The van der Waals surface area contributed by atoms with Gasteiger partial charge >= 0.3 is 5.97 Å². The van der Waals surface area contributed by atoms with Gasteiger partial charge in [-0.3, -0.25) is 19.2 Å². The summed E-state index contributed by atoms with van der Waals surface area (Å²) in [7, 11) is 0. The fourth-order valence-electron chi connectivity index (χ4n) is 4.50. The highest BCUT2D eigenvalue weighted by Gasteiger charge is 2.53. The number of Topliss-reactive ketones (excluding diaryl/α,β-unsaturated/α-hetero) is 1. The molecule has 0 bridgehead atoms. The maximum Gasteiger partial charge on any atom is 0.332 e. The highest BCUT2D eigenvalue weighted by molar-refractivity contribution is 5.97. The SMILES string of the molecule is CCOC(=O)C1(NC(=O)CNC(=O)[C@H](CCCCN)NC(=O)[C@@H](N)CC(C)C)CCCC1C(C)=O. The van der Waals surface area contributed by atoms with Crippen molar-refractivity contribution in [3.8, 4) is 0 Å². The lowest BCUT2D eigenvalue weighted by molar-refractivity contribution is -0.157. The topological polar surface area (TPSA) is 183 Å². The van der Waals surface area contributed by atoms with E-state index in [-0.39, 0.29) is 24.7 Å². The Morgan fingerprint density at radius 2 is 1.80 bits per heavy atom. The van der Waals surface area contributed by atoms with Gasteiger partial charge in [0.15, 0.2) is 0 Å². The van der Waals surface area contributed by atoms with Crippen molar-refractivity contribution >= 4 is 29.5 Å². The molecule has 1 aliphatic rings. The molecule has 0 aliphatic heterocycles. The van der Waals surface area contributed by atoms with Gasteiger partial charge in [0, 0.05) is 0 Å². The lowest BCUT2D eigenvalue weighted by atomic mass is 9.84. The van der Waals surface area contributed by atoms with Gasteiger partial charge in [-0.15, -0.1) is 0 Å². The number of esters is 1. The minimum Gasteiger partial charge on any atom is -0.464 e. The second-order valence-corrected chi connectivity index (χ2v) is 9.59. The molecule has 11 nitrogen and oxygen atoms in total. The molecular weight excluding hydrogens is 454 g/mol. The molecule has 0 radical (unpaired) electrons. The van der Waals surface area contributed by atoms with Crippen LogP contribution in [0.5, 0.6) is 0 Å². The van der Waals surface area contributed by atoms with Gasteiger partial charge in [0.05, 0.1) is 25.1 Å². The first-order chi connectivity index (χ1) is 16.5. The van der Waals surface area contributed by atoms with E-state index >= 15 is 0 Å². The van der Waals surface area contributed by atoms with Crippen LogP contribution in [-0.2, 0) is 28.7 Å². The predicted octanol–water partition coefficient (Wildman–Crippen LogP) is -0.103. The van der Waals surface area contributed by atoms with Crippen LogP contribution in [0.2, 0.25) is 0 Å². The molecule has 35 heavy (non-hydrogen) atoms. The van der Waals surface area contributed by atoms with Crippen molar-refractivity contribution in [2.45, 2.75) is 90.3 Å². The van der Waals surface area contributed by atoms with E-state index in [0.29, 0.717) is 45.1 Å². The molecule has 1 saturated carbocycles. The minimum absolute atomic E-state index is 0.112. The molecule has 0 saturated heterocycles. The van der Waals surface area contributed by atoms with Gasteiger partial charge in [-0.2, -0.15) is 0 Å². The third-order valence-corrected chi connectivity index (χ3v) is 6.22. The highest BCUT2D eigenvalue weighted by Crippen LogP contribution is 2.37. The zero-order valence-electron chi connectivity index (χ0n) is 21.5. The number of nitrogens with two attached hydrogens (primary N) is 2. The first kappa shape index (κ1) is 30.5. The van der Waals surface area contributed by atoms with Crippen LogP contribution in [0, 0.1) is 11.8 Å². The fraction of sp³-hybridized carbons (Fsp3) is 0.792. The maximum absolute atomic E-state index is 12.8. The molecule has 0 heterocycles. The molecule has 4 atom stereocenters. The summed E-state index contributed by atoms with van der Waals surface area (Å²) in [5.41, 5.74) is 10.0. The van der Waals surface area contributed by atoms with Crippen molar-refractivity contribution in [3.05, 3.63) is 0 Å². The summed E-state index contributed by atoms with van der Waals surface area (Å²) in [6.07, 6.45) is 3.41. The Kier molecular flexibility index (Phi) is 12.9. The van der Waals surface area contributed by atoms with E-state index in [4.69, 9.17) is 16.2 Å². The van der Waals surface area contributed by atoms with E-state index in [1.54, 1.807) is 6.92 Å². The second kappa shape index (κ2) is 14.8. The van der Waals surface area contributed by atoms with Gasteiger partial charge in [-0.05, 0) is 71.3 Å². The predicted molar refractivity (Wildman–Crippen MR) is 131 cm³/mol. The number of ketones is 1. The van der Waals surface area contributed by atoms with E-state index in [2.05, 4.69) is 16.0 Å². The molecular formula is C24H43N5O6. The number of rotatable bonds is 15. The van der Waals surface area contributed by atoms with E-state index in [1.807, 2.05) is 13.8 Å². The summed E-state index contributed by atoms with van der Waals surface area (Å²) in [6, 6.07) is -1.63. The van der Waals surface area contributed by atoms with Gasteiger partial charge in [-0.25, -0.2) is 4.79 Å². The zero-order chi connectivity index (χ0) is 26.6.